The molecule has 4 aromatic carbocycles. The second-order valence-electron chi connectivity index (χ2n) is 10.3. The summed E-state index contributed by atoms with van der Waals surface area (Å²) in [6.07, 6.45) is 6.23. The molecule has 4 aromatic rings. The Balaban J connectivity index is 1.12. The molecule has 178 valence electrons. The minimum absolute atomic E-state index is 0.0923. The van der Waals surface area contributed by atoms with Crippen LogP contribution >= 0.6 is 0 Å². The number of carbonyl (C=O) groups excluding carboxylic acids is 1. The lowest BCUT2D eigenvalue weighted by Crippen LogP contribution is -2.51. The highest BCUT2D eigenvalue weighted by Crippen LogP contribution is 2.45. The van der Waals surface area contributed by atoms with Crippen LogP contribution in [0.1, 0.15) is 48.3 Å². The van der Waals surface area contributed by atoms with Crippen molar-refractivity contribution in [2.45, 2.75) is 43.7 Å². The SMILES string of the molecule is O=C(OCC1c2ccccc2-c2ccccc21)N1C2C=C(c3ccc4ccccc4c3)CC1CCC2. The van der Waals surface area contributed by atoms with Crippen molar-refractivity contribution in [2.75, 3.05) is 6.61 Å². The Kier molecular flexibility index (Phi) is 5.16. The maximum atomic E-state index is 13.5. The summed E-state index contributed by atoms with van der Waals surface area (Å²) < 4.78 is 6.07. The Morgan fingerprint density at radius 1 is 0.806 bits per heavy atom. The first kappa shape index (κ1) is 21.4. The van der Waals surface area contributed by atoms with E-state index in [9.17, 15) is 4.79 Å². The van der Waals surface area contributed by atoms with Crippen LogP contribution in [0, 0.1) is 0 Å². The monoisotopic (exact) mass is 471 g/mol. The molecule has 1 fully saturated rings. The first-order valence-corrected chi connectivity index (χ1v) is 13.1. The van der Waals surface area contributed by atoms with Crippen molar-refractivity contribution in [3.63, 3.8) is 0 Å². The third-order valence-corrected chi connectivity index (χ3v) is 8.30. The van der Waals surface area contributed by atoms with Gasteiger partial charge >= 0.3 is 6.09 Å². The molecule has 3 nitrogen and oxygen atoms in total. The number of carbonyl (C=O) groups is 1. The van der Waals surface area contributed by atoms with Crippen LogP contribution in [-0.4, -0.2) is 29.7 Å². The van der Waals surface area contributed by atoms with Crippen molar-refractivity contribution >= 4 is 22.4 Å². The topological polar surface area (TPSA) is 29.5 Å². The van der Waals surface area contributed by atoms with E-state index in [2.05, 4.69) is 97.1 Å². The molecule has 36 heavy (non-hydrogen) atoms. The molecule has 2 heterocycles. The van der Waals surface area contributed by atoms with E-state index in [-0.39, 0.29) is 24.1 Å². The fourth-order valence-electron chi connectivity index (χ4n) is 6.59. The van der Waals surface area contributed by atoms with E-state index in [1.165, 1.54) is 44.2 Å². The number of fused-ring (bicyclic) bond motifs is 6. The average molecular weight is 472 g/mol. The number of hydrogen-bond acceptors (Lipinski definition) is 2. The van der Waals surface area contributed by atoms with E-state index in [4.69, 9.17) is 4.74 Å². The molecule has 2 bridgehead atoms. The van der Waals surface area contributed by atoms with Crippen LogP contribution in [0.2, 0.25) is 0 Å². The van der Waals surface area contributed by atoms with Gasteiger partial charge in [0.25, 0.3) is 0 Å². The van der Waals surface area contributed by atoms with Gasteiger partial charge in [-0.2, -0.15) is 0 Å². The lowest BCUT2D eigenvalue weighted by molar-refractivity contribution is 0.0539. The molecule has 0 aromatic heterocycles. The summed E-state index contributed by atoms with van der Waals surface area (Å²) in [7, 11) is 0. The summed E-state index contributed by atoms with van der Waals surface area (Å²) >= 11 is 0. The van der Waals surface area contributed by atoms with Crippen molar-refractivity contribution in [2.24, 2.45) is 0 Å². The maximum Gasteiger partial charge on any atom is 0.410 e. The van der Waals surface area contributed by atoms with Crippen LogP contribution < -0.4 is 0 Å². The van der Waals surface area contributed by atoms with Crippen molar-refractivity contribution in [1.82, 2.24) is 4.90 Å². The van der Waals surface area contributed by atoms with E-state index in [1.54, 1.807) is 0 Å². The van der Waals surface area contributed by atoms with Gasteiger partial charge in [-0.1, -0.05) is 91.0 Å². The molecule has 7 rings (SSSR count). The van der Waals surface area contributed by atoms with Crippen LogP contribution in [0.3, 0.4) is 0 Å². The first-order valence-electron chi connectivity index (χ1n) is 13.1. The molecule has 2 atom stereocenters. The number of benzene rings is 4. The zero-order valence-electron chi connectivity index (χ0n) is 20.3. The lowest BCUT2D eigenvalue weighted by atomic mass is 9.83. The largest absolute Gasteiger partial charge is 0.448 e. The first-order chi connectivity index (χ1) is 17.8. The molecule has 1 amide bonds. The molecular weight excluding hydrogens is 442 g/mol. The van der Waals surface area contributed by atoms with Gasteiger partial charge in [-0.25, -0.2) is 4.79 Å². The third-order valence-electron chi connectivity index (χ3n) is 8.30. The van der Waals surface area contributed by atoms with Gasteiger partial charge in [0.05, 0.1) is 6.04 Å². The van der Waals surface area contributed by atoms with Gasteiger partial charge in [-0.15, -0.1) is 0 Å². The average Bonchev–Trinajstić information content (AvgIpc) is 3.24. The zero-order valence-corrected chi connectivity index (χ0v) is 20.3. The van der Waals surface area contributed by atoms with E-state index < -0.39 is 0 Å². The molecule has 1 saturated heterocycles. The summed E-state index contributed by atoms with van der Waals surface area (Å²) in [5.41, 5.74) is 7.66. The number of amides is 1. The van der Waals surface area contributed by atoms with E-state index >= 15 is 0 Å². The van der Waals surface area contributed by atoms with Crippen molar-refractivity contribution in [3.05, 3.63) is 114 Å². The van der Waals surface area contributed by atoms with Crippen LogP contribution in [-0.2, 0) is 4.74 Å². The lowest BCUT2D eigenvalue weighted by Gasteiger charge is -2.44. The van der Waals surface area contributed by atoms with E-state index in [1.807, 2.05) is 4.90 Å². The van der Waals surface area contributed by atoms with Gasteiger partial charge in [0.15, 0.2) is 0 Å². The van der Waals surface area contributed by atoms with Gasteiger partial charge in [-0.3, -0.25) is 4.90 Å². The number of piperidine rings is 1. The molecule has 1 aliphatic carbocycles. The van der Waals surface area contributed by atoms with Gasteiger partial charge in [0.2, 0.25) is 0 Å². The summed E-state index contributed by atoms with van der Waals surface area (Å²) in [4.78, 5) is 15.5. The number of nitrogens with zero attached hydrogens (tertiary/aromatic N) is 1. The summed E-state index contributed by atoms with van der Waals surface area (Å²) in [5, 5.41) is 2.53. The Morgan fingerprint density at radius 3 is 2.25 bits per heavy atom. The highest BCUT2D eigenvalue weighted by atomic mass is 16.6. The molecule has 0 radical (unpaired) electrons. The van der Waals surface area contributed by atoms with Gasteiger partial charge in [0, 0.05) is 12.0 Å². The predicted molar refractivity (Wildman–Crippen MR) is 145 cm³/mol. The molecular formula is C33H29NO2. The van der Waals surface area contributed by atoms with Crippen molar-refractivity contribution < 1.29 is 9.53 Å². The summed E-state index contributed by atoms with van der Waals surface area (Å²) in [5.74, 6) is 0.0923. The van der Waals surface area contributed by atoms with Gasteiger partial charge in [-0.05, 0) is 75.9 Å². The Morgan fingerprint density at radius 2 is 1.50 bits per heavy atom. The number of hydrogen-bond donors (Lipinski definition) is 0. The van der Waals surface area contributed by atoms with Crippen LogP contribution in [0.15, 0.2) is 97.1 Å². The molecule has 2 unspecified atom stereocenters. The molecule has 2 aliphatic heterocycles. The Labute approximate surface area is 212 Å². The number of rotatable bonds is 3. The van der Waals surface area contributed by atoms with Gasteiger partial charge < -0.3 is 4.74 Å². The van der Waals surface area contributed by atoms with E-state index in [0.29, 0.717) is 6.61 Å². The zero-order chi connectivity index (χ0) is 24.1. The summed E-state index contributed by atoms with van der Waals surface area (Å²) in [6.45, 7) is 0.379. The Bertz CT molecular complexity index is 1460. The number of ether oxygens (including phenoxy) is 1. The van der Waals surface area contributed by atoms with Crippen LogP contribution in [0.25, 0.3) is 27.5 Å². The summed E-state index contributed by atoms with van der Waals surface area (Å²) in [6, 6.07) is 32.5. The fourth-order valence-corrected chi connectivity index (χ4v) is 6.59. The van der Waals surface area contributed by atoms with Crippen molar-refractivity contribution in [1.29, 1.82) is 0 Å². The molecule has 0 saturated carbocycles. The second-order valence-corrected chi connectivity index (χ2v) is 10.3. The molecule has 0 spiro atoms. The maximum absolute atomic E-state index is 13.5. The van der Waals surface area contributed by atoms with Crippen molar-refractivity contribution in [3.8, 4) is 11.1 Å². The highest BCUT2D eigenvalue weighted by molar-refractivity contribution is 5.87. The normalized spacial score (nSPS) is 20.6. The van der Waals surface area contributed by atoms with Crippen LogP contribution in [0.5, 0.6) is 0 Å². The minimum atomic E-state index is -0.166. The second kappa shape index (κ2) is 8.67. The standard InChI is InChI=1S/C33H29NO2/c35-33(36-21-32-30-14-5-3-12-28(30)29-13-4-6-15-31(29)32)34-26-10-7-11-27(34)20-25(19-26)24-17-16-22-8-1-2-9-23(22)18-24/h1-6,8-9,12-19,26-27,32H,7,10-11,20-21H2. The van der Waals surface area contributed by atoms with Gasteiger partial charge in [0.1, 0.15) is 6.61 Å². The molecule has 3 heteroatoms. The molecule has 3 aliphatic rings. The smallest absolute Gasteiger partial charge is 0.410 e. The van der Waals surface area contributed by atoms with Crippen LogP contribution in [0.4, 0.5) is 4.79 Å². The third kappa shape index (κ3) is 3.53. The fraction of sp³-hybridized carbons (Fsp3) is 0.242. The van der Waals surface area contributed by atoms with E-state index in [0.717, 1.165) is 25.7 Å². The molecule has 0 N–H and O–H groups in total. The quantitative estimate of drug-likeness (QED) is 0.305. The Hall–Kier alpha value is -3.85. The highest BCUT2D eigenvalue weighted by Gasteiger charge is 2.39. The minimum Gasteiger partial charge on any atom is -0.448 e. The predicted octanol–water partition coefficient (Wildman–Crippen LogP) is 7.80.